The highest BCUT2D eigenvalue weighted by Gasteiger charge is 2.38. The van der Waals surface area contributed by atoms with Crippen LogP contribution in [0.3, 0.4) is 0 Å². The lowest BCUT2D eigenvalue weighted by Gasteiger charge is -2.29. The first-order chi connectivity index (χ1) is 19.9. The van der Waals surface area contributed by atoms with E-state index in [1.54, 1.807) is 12.1 Å². The number of phenolic OH excluding ortho intramolecular Hbond substituents is 1. The fourth-order valence-electron chi connectivity index (χ4n) is 4.53. The monoisotopic (exact) mass is 590 g/mol. The molecule has 1 saturated heterocycles. The van der Waals surface area contributed by atoms with Crippen LogP contribution in [0.25, 0.3) is 0 Å². The van der Waals surface area contributed by atoms with Crippen molar-refractivity contribution < 1.29 is 29.4 Å². The highest BCUT2D eigenvalue weighted by molar-refractivity contribution is 5.94. The van der Waals surface area contributed by atoms with Crippen LogP contribution in [0.1, 0.15) is 44.1 Å². The van der Waals surface area contributed by atoms with Crippen LogP contribution in [0.4, 0.5) is 0 Å². The molecule has 0 aromatic heterocycles. The predicted molar refractivity (Wildman–Crippen MR) is 156 cm³/mol. The maximum atomic E-state index is 13.6. The second-order valence-corrected chi connectivity index (χ2v) is 10.0. The van der Waals surface area contributed by atoms with Gasteiger partial charge in [0.2, 0.25) is 17.7 Å². The molecule has 1 fully saturated rings. The number of benzene rings is 1. The number of carboxylic acid groups (broad SMARTS) is 1. The van der Waals surface area contributed by atoms with Crippen molar-refractivity contribution in [2.24, 2.45) is 38.7 Å². The molecule has 1 aliphatic rings. The van der Waals surface area contributed by atoms with Gasteiger partial charge in [-0.3, -0.25) is 24.4 Å². The zero-order chi connectivity index (χ0) is 31.2. The van der Waals surface area contributed by atoms with Crippen LogP contribution in [-0.2, 0) is 25.6 Å². The molecule has 1 aromatic carbocycles. The van der Waals surface area contributed by atoms with Crippen LogP contribution in [0, 0.1) is 0 Å². The van der Waals surface area contributed by atoms with Crippen molar-refractivity contribution in [3.8, 4) is 5.75 Å². The number of amides is 3. The maximum Gasteiger partial charge on any atom is 0.326 e. The van der Waals surface area contributed by atoms with E-state index in [-0.39, 0.29) is 56.6 Å². The Morgan fingerprint density at radius 3 is 2.05 bits per heavy atom. The summed E-state index contributed by atoms with van der Waals surface area (Å²) in [5, 5.41) is 24.6. The lowest BCUT2D eigenvalue weighted by atomic mass is 10.0. The highest BCUT2D eigenvalue weighted by atomic mass is 16.4. The molecule has 0 aliphatic carbocycles. The van der Waals surface area contributed by atoms with Crippen LogP contribution < -0.4 is 39.3 Å². The normalized spacial score (nSPS) is 16.5. The molecule has 0 bridgehead atoms. The van der Waals surface area contributed by atoms with Gasteiger partial charge in [0, 0.05) is 26.1 Å². The van der Waals surface area contributed by atoms with E-state index in [9.17, 15) is 29.4 Å². The van der Waals surface area contributed by atoms with Crippen molar-refractivity contribution in [2.75, 3.05) is 19.6 Å². The van der Waals surface area contributed by atoms with Crippen molar-refractivity contribution in [1.82, 2.24) is 15.5 Å². The number of carbonyl (C=O) groups is 4. The Hall–Kier alpha value is -4.60. The van der Waals surface area contributed by atoms with Crippen molar-refractivity contribution in [2.45, 2.75) is 69.1 Å². The molecule has 16 heteroatoms. The molecular weight excluding hydrogens is 548 g/mol. The third kappa shape index (κ3) is 11.1. The van der Waals surface area contributed by atoms with E-state index < -0.39 is 47.9 Å². The number of carbonyl (C=O) groups excluding carboxylic acids is 3. The van der Waals surface area contributed by atoms with Gasteiger partial charge in [-0.2, -0.15) is 0 Å². The first kappa shape index (κ1) is 33.6. The third-order valence-electron chi connectivity index (χ3n) is 6.69. The molecule has 1 aliphatic heterocycles. The summed E-state index contributed by atoms with van der Waals surface area (Å²) >= 11 is 0. The molecule has 3 amide bonds. The first-order valence-corrected chi connectivity index (χ1v) is 13.7. The lowest BCUT2D eigenvalue weighted by Crippen LogP contribution is -2.57. The molecule has 14 N–H and O–H groups in total. The second kappa shape index (κ2) is 16.6. The Labute approximate surface area is 243 Å². The Bertz CT molecular complexity index is 1130. The second-order valence-electron chi connectivity index (χ2n) is 10.0. The molecule has 1 aromatic rings. The molecule has 2 rings (SSSR count). The fourth-order valence-corrected chi connectivity index (χ4v) is 4.53. The molecule has 0 saturated carbocycles. The molecular formula is C26H42N10O6. The van der Waals surface area contributed by atoms with Gasteiger partial charge >= 0.3 is 5.97 Å². The van der Waals surface area contributed by atoms with Crippen molar-refractivity contribution in [1.29, 1.82) is 0 Å². The van der Waals surface area contributed by atoms with Crippen molar-refractivity contribution >= 4 is 35.6 Å². The minimum atomic E-state index is -1.15. The zero-order valence-corrected chi connectivity index (χ0v) is 23.4. The summed E-state index contributed by atoms with van der Waals surface area (Å²) in [5.41, 5.74) is 28.0. The van der Waals surface area contributed by atoms with Gasteiger partial charge in [-0.15, -0.1) is 0 Å². The highest BCUT2D eigenvalue weighted by Crippen LogP contribution is 2.20. The van der Waals surface area contributed by atoms with Gasteiger partial charge in [0.1, 0.15) is 23.9 Å². The van der Waals surface area contributed by atoms with E-state index in [2.05, 4.69) is 20.6 Å². The molecule has 232 valence electrons. The topological polar surface area (TPSA) is 291 Å². The number of carboxylic acids is 1. The molecule has 1 heterocycles. The summed E-state index contributed by atoms with van der Waals surface area (Å²) in [6, 6.07) is 1.86. The Morgan fingerprint density at radius 1 is 0.905 bits per heavy atom. The summed E-state index contributed by atoms with van der Waals surface area (Å²) in [6.45, 7) is 0.698. The average Bonchev–Trinajstić information content (AvgIpc) is 3.43. The quantitative estimate of drug-likeness (QED) is 0.0547. The Morgan fingerprint density at radius 2 is 1.48 bits per heavy atom. The van der Waals surface area contributed by atoms with Crippen LogP contribution in [0.15, 0.2) is 34.3 Å². The minimum absolute atomic E-state index is 0.0228. The number of hydrogen-bond acceptors (Lipinski definition) is 8. The number of nitrogens with two attached hydrogens (primary N) is 5. The number of rotatable bonds is 16. The summed E-state index contributed by atoms with van der Waals surface area (Å²) in [4.78, 5) is 60.7. The van der Waals surface area contributed by atoms with E-state index >= 15 is 0 Å². The van der Waals surface area contributed by atoms with Gasteiger partial charge in [-0.05, 0) is 56.2 Å². The van der Waals surface area contributed by atoms with E-state index in [1.165, 1.54) is 17.0 Å². The number of aromatic hydroxyl groups is 1. The number of nitrogens with zero attached hydrogens (tertiary/aromatic N) is 3. The van der Waals surface area contributed by atoms with Gasteiger partial charge in [0.15, 0.2) is 11.9 Å². The van der Waals surface area contributed by atoms with E-state index in [1.807, 2.05) is 0 Å². The molecule has 42 heavy (non-hydrogen) atoms. The first-order valence-electron chi connectivity index (χ1n) is 13.7. The fraction of sp³-hybridized carbons (Fsp3) is 0.538. The van der Waals surface area contributed by atoms with Gasteiger partial charge in [-0.25, -0.2) is 4.79 Å². The van der Waals surface area contributed by atoms with E-state index in [4.69, 9.17) is 28.7 Å². The number of nitrogens with one attached hydrogen (secondary N) is 2. The van der Waals surface area contributed by atoms with Crippen LogP contribution >= 0.6 is 0 Å². The minimum Gasteiger partial charge on any atom is -0.508 e. The average molecular weight is 591 g/mol. The van der Waals surface area contributed by atoms with Gasteiger partial charge in [0.25, 0.3) is 0 Å². The number of hydrogen-bond donors (Lipinski definition) is 9. The number of phenols is 1. The van der Waals surface area contributed by atoms with Crippen LogP contribution in [0.2, 0.25) is 0 Å². The molecule has 0 spiro atoms. The Kier molecular flexibility index (Phi) is 13.3. The zero-order valence-electron chi connectivity index (χ0n) is 23.4. The SMILES string of the molecule is NC(N)=NCCCC(N)C(=O)NC(Cc1ccc(O)cc1)C(=O)NC(CCCN=C(N)N)C(=O)N1CCCC1C(=O)O. The summed E-state index contributed by atoms with van der Waals surface area (Å²) in [5.74, 6) is -3.13. The number of aliphatic carboxylic acids is 1. The maximum absolute atomic E-state index is 13.6. The van der Waals surface area contributed by atoms with E-state index in [0.717, 1.165) is 0 Å². The van der Waals surface area contributed by atoms with Crippen molar-refractivity contribution in [3.63, 3.8) is 0 Å². The number of likely N-dealkylation sites (tertiary alicyclic amines) is 1. The molecule has 4 atom stereocenters. The standard InChI is InChI=1S/C26H42N10O6/c27-17(4-1-11-32-25(28)29)21(38)35-19(14-15-7-9-16(37)10-8-15)22(39)34-18(5-2-12-33-26(30)31)23(40)36-13-3-6-20(36)24(41)42/h7-10,17-20,37H,1-6,11-14,27H2,(H,34,39)(H,35,38)(H,41,42)(H4,28,29,32)(H4,30,31,33). The molecule has 0 radical (unpaired) electrons. The molecule has 4 unspecified atom stereocenters. The largest absolute Gasteiger partial charge is 0.508 e. The van der Waals surface area contributed by atoms with E-state index in [0.29, 0.717) is 31.2 Å². The summed E-state index contributed by atoms with van der Waals surface area (Å²) in [7, 11) is 0. The Balaban J connectivity index is 2.23. The smallest absolute Gasteiger partial charge is 0.326 e. The van der Waals surface area contributed by atoms with Crippen LogP contribution in [-0.4, -0.2) is 94.5 Å². The number of aliphatic imine (C=N–C) groups is 2. The summed E-state index contributed by atoms with van der Waals surface area (Å²) in [6.07, 6.45) is 1.94. The van der Waals surface area contributed by atoms with Gasteiger partial charge in [0.05, 0.1) is 6.04 Å². The summed E-state index contributed by atoms with van der Waals surface area (Å²) < 4.78 is 0. The third-order valence-corrected chi connectivity index (χ3v) is 6.69. The van der Waals surface area contributed by atoms with Crippen molar-refractivity contribution in [3.05, 3.63) is 29.8 Å². The van der Waals surface area contributed by atoms with Crippen LogP contribution in [0.5, 0.6) is 5.75 Å². The predicted octanol–water partition coefficient (Wildman–Crippen LogP) is -2.59. The van der Waals surface area contributed by atoms with Gasteiger partial charge < -0.3 is 54.4 Å². The lowest BCUT2D eigenvalue weighted by molar-refractivity contribution is -0.149. The van der Waals surface area contributed by atoms with Gasteiger partial charge in [-0.1, -0.05) is 12.1 Å². The number of guanidine groups is 2. The molecule has 16 nitrogen and oxygen atoms in total.